The van der Waals surface area contributed by atoms with E-state index >= 15 is 0 Å². The largest absolute Gasteiger partial charge is 0.356 e. The average Bonchev–Trinajstić information content (AvgIpc) is 3.03. The van der Waals surface area contributed by atoms with E-state index in [0.717, 1.165) is 22.3 Å². The molecule has 0 aliphatic carbocycles. The standard InChI is InChI=1S/C38H30O/c1-5-17-29(18-6-1)33-25-13-15-27-35(33)37(31-21-9-3-10-22-31)39-38(32-23-11-4-12-24-32)36-28-16-14-26-34(36)30-19-7-2-8-20-30/h1-28,37-38H. The van der Waals surface area contributed by atoms with E-state index in [2.05, 4.69) is 170 Å². The second-order valence-electron chi connectivity index (χ2n) is 9.62. The summed E-state index contributed by atoms with van der Waals surface area (Å²) in [7, 11) is 0. The molecule has 0 saturated heterocycles. The monoisotopic (exact) mass is 502 g/mol. The zero-order valence-corrected chi connectivity index (χ0v) is 21.7. The van der Waals surface area contributed by atoms with Crippen LogP contribution in [-0.2, 0) is 4.74 Å². The topological polar surface area (TPSA) is 9.23 Å². The molecule has 0 heterocycles. The number of ether oxygens (including phenoxy) is 1. The molecule has 0 N–H and O–H groups in total. The fraction of sp³-hybridized carbons (Fsp3) is 0.0526. The van der Waals surface area contributed by atoms with E-state index in [9.17, 15) is 0 Å². The van der Waals surface area contributed by atoms with Crippen LogP contribution in [0, 0.1) is 0 Å². The Bertz CT molecular complexity index is 1490. The van der Waals surface area contributed by atoms with Crippen LogP contribution in [0.15, 0.2) is 170 Å². The van der Waals surface area contributed by atoms with Gasteiger partial charge in [-0.15, -0.1) is 0 Å². The SMILES string of the molecule is c1ccc(-c2ccccc2C(OC(c2ccccc2)c2ccccc2-c2ccccc2)c2ccccc2)cc1. The Morgan fingerprint density at radius 3 is 1.00 bits per heavy atom. The van der Waals surface area contributed by atoms with E-state index < -0.39 is 0 Å². The van der Waals surface area contributed by atoms with E-state index in [4.69, 9.17) is 4.74 Å². The van der Waals surface area contributed by atoms with Crippen LogP contribution in [0.2, 0.25) is 0 Å². The van der Waals surface area contributed by atoms with Crippen LogP contribution in [0.4, 0.5) is 0 Å². The number of hydrogen-bond donors (Lipinski definition) is 0. The minimum absolute atomic E-state index is 0.281. The third-order valence-corrected chi connectivity index (χ3v) is 7.13. The van der Waals surface area contributed by atoms with Crippen molar-refractivity contribution in [1.82, 2.24) is 0 Å². The van der Waals surface area contributed by atoms with Gasteiger partial charge in [-0.3, -0.25) is 0 Å². The maximum absolute atomic E-state index is 7.32. The van der Waals surface area contributed by atoms with E-state index in [1.54, 1.807) is 0 Å². The molecular formula is C38H30O. The summed E-state index contributed by atoms with van der Waals surface area (Å²) in [6, 6.07) is 59.5. The molecule has 0 fully saturated rings. The first kappa shape index (κ1) is 24.6. The first-order chi connectivity index (χ1) is 19.4. The lowest BCUT2D eigenvalue weighted by molar-refractivity contribution is 0.0314. The minimum atomic E-state index is -0.281. The fourth-order valence-electron chi connectivity index (χ4n) is 5.27. The van der Waals surface area contributed by atoms with Gasteiger partial charge in [0.2, 0.25) is 0 Å². The summed E-state index contributed by atoms with van der Waals surface area (Å²) in [5.41, 5.74) is 9.25. The Kier molecular flexibility index (Phi) is 7.43. The molecule has 6 aromatic rings. The van der Waals surface area contributed by atoms with Gasteiger partial charge in [-0.25, -0.2) is 0 Å². The highest BCUT2D eigenvalue weighted by molar-refractivity contribution is 5.70. The summed E-state index contributed by atoms with van der Waals surface area (Å²) in [6.07, 6.45) is -0.562. The van der Waals surface area contributed by atoms with E-state index in [0.29, 0.717) is 0 Å². The van der Waals surface area contributed by atoms with Crippen molar-refractivity contribution in [2.75, 3.05) is 0 Å². The Morgan fingerprint density at radius 1 is 0.308 bits per heavy atom. The Balaban J connectivity index is 1.53. The van der Waals surface area contributed by atoms with Gasteiger partial charge in [0.15, 0.2) is 0 Å². The van der Waals surface area contributed by atoms with Gasteiger partial charge in [-0.2, -0.15) is 0 Å². The molecule has 0 aliphatic rings. The van der Waals surface area contributed by atoms with Crippen molar-refractivity contribution >= 4 is 0 Å². The molecule has 188 valence electrons. The number of hydrogen-bond acceptors (Lipinski definition) is 1. The van der Waals surface area contributed by atoms with E-state index in [1.165, 1.54) is 22.3 Å². The molecule has 1 heteroatoms. The first-order valence-corrected chi connectivity index (χ1v) is 13.4. The molecule has 0 aromatic heterocycles. The summed E-state index contributed by atoms with van der Waals surface area (Å²) in [5, 5.41) is 0. The Morgan fingerprint density at radius 2 is 0.615 bits per heavy atom. The van der Waals surface area contributed by atoms with Crippen LogP contribution >= 0.6 is 0 Å². The summed E-state index contributed by atoms with van der Waals surface area (Å²) < 4.78 is 7.32. The van der Waals surface area contributed by atoms with Gasteiger partial charge in [-0.1, -0.05) is 170 Å². The van der Waals surface area contributed by atoms with E-state index in [1.807, 2.05) is 0 Å². The maximum atomic E-state index is 7.32. The van der Waals surface area contributed by atoms with Crippen LogP contribution in [0.5, 0.6) is 0 Å². The Hall–Kier alpha value is -4.72. The highest BCUT2D eigenvalue weighted by atomic mass is 16.5. The third kappa shape index (κ3) is 5.45. The van der Waals surface area contributed by atoms with Gasteiger partial charge >= 0.3 is 0 Å². The van der Waals surface area contributed by atoms with Crippen LogP contribution < -0.4 is 0 Å². The van der Waals surface area contributed by atoms with Crippen molar-refractivity contribution in [3.8, 4) is 22.3 Å². The molecule has 39 heavy (non-hydrogen) atoms. The molecule has 0 aliphatic heterocycles. The summed E-state index contributed by atoms with van der Waals surface area (Å²) in [4.78, 5) is 0. The molecule has 0 spiro atoms. The molecule has 6 aromatic carbocycles. The lowest BCUT2D eigenvalue weighted by atomic mass is 9.90. The molecule has 0 radical (unpaired) electrons. The molecule has 0 amide bonds. The number of benzene rings is 6. The van der Waals surface area contributed by atoms with Gasteiger partial charge in [0.1, 0.15) is 12.2 Å². The summed E-state index contributed by atoms with van der Waals surface area (Å²) in [6.45, 7) is 0. The lowest BCUT2D eigenvalue weighted by Gasteiger charge is -2.29. The molecule has 2 unspecified atom stereocenters. The second kappa shape index (κ2) is 11.8. The van der Waals surface area contributed by atoms with Crippen molar-refractivity contribution in [2.45, 2.75) is 12.2 Å². The maximum Gasteiger partial charge on any atom is 0.109 e. The zero-order chi connectivity index (χ0) is 26.3. The van der Waals surface area contributed by atoms with Gasteiger partial charge in [0.25, 0.3) is 0 Å². The molecule has 1 nitrogen and oxygen atoms in total. The normalized spacial score (nSPS) is 12.5. The smallest absolute Gasteiger partial charge is 0.109 e. The van der Waals surface area contributed by atoms with Crippen molar-refractivity contribution in [1.29, 1.82) is 0 Å². The summed E-state index contributed by atoms with van der Waals surface area (Å²) >= 11 is 0. The molecule has 0 bridgehead atoms. The molecule has 0 saturated carbocycles. The fourth-order valence-corrected chi connectivity index (χ4v) is 5.27. The quantitative estimate of drug-likeness (QED) is 0.201. The van der Waals surface area contributed by atoms with Crippen LogP contribution in [0.1, 0.15) is 34.5 Å². The minimum Gasteiger partial charge on any atom is -0.356 e. The van der Waals surface area contributed by atoms with Crippen LogP contribution in [-0.4, -0.2) is 0 Å². The van der Waals surface area contributed by atoms with Gasteiger partial charge in [0.05, 0.1) is 0 Å². The van der Waals surface area contributed by atoms with Crippen molar-refractivity contribution in [2.24, 2.45) is 0 Å². The first-order valence-electron chi connectivity index (χ1n) is 13.4. The lowest BCUT2D eigenvalue weighted by Crippen LogP contribution is -2.15. The van der Waals surface area contributed by atoms with Gasteiger partial charge in [0, 0.05) is 0 Å². The van der Waals surface area contributed by atoms with E-state index in [-0.39, 0.29) is 12.2 Å². The average molecular weight is 503 g/mol. The Labute approximate surface area is 231 Å². The van der Waals surface area contributed by atoms with Gasteiger partial charge < -0.3 is 4.74 Å². The highest BCUT2D eigenvalue weighted by Crippen LogP contribution is 2.42. The van der Waals surface area contributed by atoms with Crippen LogP contribution in [0.25, 0.3) is 22.3 Å². The van der Waals surface area contributed by atoms with Crippen molar-refractivity contribution in [3.63, 3.8) is 0 Å². The second-order valence-corrected chi connectivity index (χ2v) is 9.62. The van der Waals surface area contributed by atoms with Crippen LogP contribution in [0.3, 0.4) is 0 Å². The predicted molar refractivity (Wildman–Crippen MR) is 161 cm³/mol. The third-order valence-electron chi connectivity index (χ3n) is 7.13. The highest BCUT2D eigenvalue weighted by Gasteiger charge is 2.27. The molecule has 6 rings (SSSR count). The summed E-state index contributed by atoms with van der Waals surface area (Å²) in [5.74, 6) is 0. The van der Waals surface area contributed by atoms with Crippen molar-refractivity contribution < 1.29 is 4.74 Å². The van der Waals surface area contributed by atoms with Crippen molar-refractivity contribution in [3.05, 3.63) is 192 Å². The molecule has 2 atom stereocenters. The molecular weight excluding hydrogens is 472 g/mol. The number of rotatable bonds is 8. The predicted octanol–water partition coefficient (Wildman–Crippen LogP) is 9.92. The van der Waals surface area contributed by atoms with Gasteiger partial charge in [-0.05, 0) is 44.5 Å². The zero-order valence-electron chi connectivity index (χ0n) is 21.7.